The van der Waals surface area contributed by atoms with Crippen LogP contribution in [0.3, 0.4) is 0 Å². The van der Waals surface area contributed by atoms with Gasteiger partial charge < -0.3 is 28.3 Å². The van der Waals surface area contributed by atoms with E-state index in [1.807, 2.05) is 61.5 Å². The molecule has 1 aromatic heterocycles. The number of rotatable bonds is 4. The number of hydrogen-bond acceptors (Lipinski definition) is 6. The molecule has 0 radical (unpaired) electrons. The number of benzene rings is 3. The number of fused-ring (bicyclic) bond motifs is 2. The summed E-state index contributed by atoms with van der Waals surface area (Å²) in [6, 6.07) is 21.3. The molecule has 0 N–H and O–H groups in total. The van der Waals surface area contributed by atoms with Crippen molar-refractivity contribution in [1.82, 2.24) is 4.57 Å². The maximum absolute atomic E-state index is 12.6. The van der Waals surface area contributed by atoms with E-state index in [9.17, 15) is 4.79 Å². The van der Waals surface area contributed by atoms with Gasteiger partial charge in [-0.2, -0.15) is 0 Å². The van der Waals surface area contributed by atoms with Crippen LogP contribution in [0.1, 0.15) is 16.1 Å². The molecule has 170 valence electrons. The van der Waals surface area contributed by atoms with E-state index in [0.29, 0.717) is 22.8 Å². The van der Waals surface area contributed by atoms with E-state index in [2.05, 4.69) is 10.6 Å². The number of carbonyl (C=O) groups is 1. The Labute approximate surface area is 196 Å². The molecule has 0 atom stereocenters. The number of nitrogens with zero attached hydrogens (tertiary/aromatic N) is 1. The average molecular weight is 455 g/mol. The highest BCUT2D eigenvalue weighted by molar-refractivity contribution is 5.95. The Morgan fingerprint density at radius 2 is 1.41 bits per heavy atom. The van der Waals surface area contributed by atoms with Crippen LogP contribution in [0.25, 0.3) is 28.1 Å². The Morgan fingerprint density at radius 3 is 2.12 bits per heavy atom. The van der Waals surface area contributed by atoms with E-state index in [-0.39, 0.29) is 13.6 Å². The SMILES string of the molecule is COC(=O)c1ccccc1-n1c(C)cc(-c2ccc3c(c2)OCO3)c1-c1ccc2c(c1)OCO2. The van der Waals surface area contributed by atoms with Crippen LogP contribution in [0.5, 0.6) is 23.0 Å². The van der Waals surface area contributed by atoms with E-state index in [1.165, 1.54) is 7.11 Å². The second kappa shape index (κ2) is 7.88. The number of ether oxygens (including phenoxy) is 5. The van der Waals surface area contributed by atoms with E-state index < -0.39 is 5.97 Å². The van der Waals surface area contributed by atoms with Crippen molar-refractivity contribution < 1.29 is 28.5 Å². The number of aromatic nitrogens is 1. The first-order valence-electron chi connectivity index (χ1n) is 10.8. The Morgan fingerprint density at radius 1 is 0.794 bits per heavy atom. The zero-order chi connectivity index (χ0) is 23.2. The first kappa shape index (κ1) is 20.2. The summed E-state index contributed by atoms with van der Waals surface area (Å²) in [7, 11) is 1.39. The van der Waals surface area contributed by atoms with Crippen LogP contribution >= 0.6 is 0 Å². The van der Waals surface area contributed by atoms with Crippen LogP contribution in [-0.2, 0) is 4.74 Å². The van der Waals surface area contributed by atoms with Crippen molar-refractivity contribution in [2.45, 2.75) is 6.92 Å². The number of hydrogen-bond donors (Lipinski definition) is 0. The molecule has 7 heteroatoms. The van der Waals surface area contributed by atoms with Gasteiger partial charge in [0.25, 0.3) is 0 Å². The predicted octanol–water partition coefficient (Wildman–Crippen LogP) is 5.36. The van der Waals surface area contributed by atoms with Gasteiger partial charge in [-0.1, -0.05) is 18.2 Å². The maximum Gasteiger partial charge on any atom is 0.339 e. The minimum absolute atomic E-state index is 0.193. The molecule has 0 spiro atoms. The molecular weight excluding hydrogens is 434 g/mol. The smallest absolute Gasteiger partial charge is 0.339 e. The zero-order valence-corrected chi connectivity index (χ0v) is 18.7. The standard InChI is InChI=1S/C27H21NO6/c1-16-11-20(17-7-9-22-24(12-17)33-14-31-22)26(18-8-10-23-25(13-18)34-15-32-23)28(16)21-6-4-3-5-19(21)27(29)30-2/h3-13H,14-15H2,1-2H3. The highest BCUT2D eigenvalue weighted by atomic mass is 16.7. The lowest BCUT2D eigenvalue weighted by Crippen LogP contribution is -2.09. The van der Waals surface area contributed by atoms with Crippen molar-refractivity contribution in [2.75, 3.05) is 20.7 Å². The largest absolute Gasteiger partial charge is 0.465 e. The summed E-state index contributed by atoms with van der Waals surface area (Å²) >= 11 is 0. The second-order valence-corrected chi connectivity index (χ2v) is 8.03. The van der Waals surface area contributed by atoms with Crippen molar-refractivity contribution in [3.8, 4) is 51.1 Å². The van der Waals surface area contributed by atoms with Gasteiger partial charge in [-0.3, -0.25) is 0 Å². The lowest BCUT2D eigenvalue weighted by Gasteiger charge is -2.17. The number of methoxy groups -OCH3 is 1. The van der Waals surface area contributed by atoms with Crippen molar-refractivity contribution >= 4 is 5.97 Å². The minimum Gasteiger partial charge on any atom is -0.465 e. The molecule has 34 heavy (non-hydrogen) atoms. The van der Waals surface area contributed by atoms with Crippen molar-refractivity contribution in [2.24, 2.45) is 0 Å². The van der Waals surface area contributed by atoms with E-state index in [4.69, 9.17) is 23.7 Å². The highest BCUT2D eigenvalue weighted by Gasteiger charge is 2.24. The zero-order valence-electron chi connectivity index (χ0n) is 18.7. The molecule has 2 aliphatic rings. The van der Waals surface area contributed by atoms with Crippen LogP contribution in [-0.4, -0.2) is 31.2 Å². The van der Waals surface area contributed by atoms with Gasteiger partial charge in [-0.05, 0) is 61.0 Å². The van der Waals surface area contributed by atoms with Gasteiger partial charge >= 0.3 is 5.97 Å². The van der Waals surface area contributed by atoms with Gasteiger partial charge in [0, 0.05) is 16.8 Å². The second-order valence-electron chi connectivity index (χ2n) is 8.03. The summed E-state index contributed by atoms with van der Waals surface area (Å²) < 4.78 is 29.4. The molecule has 0 saturated carbocycles. The molecule has 3 heterocycles. The van der Waals surface area contributed by atoms with Gasteiger partial charge in [-0.15, -0.1) is 0 Å². The molecule has 7 nitrogen and oxygen atoms in total. The third kappa shape index (κ3) is 3.16. The first-order valence-corrected chi connectivity index (χ1v) is 10.8. The number of aryl methyl sites for hydroxylation is 1. The van der Waals surface area contributed by atoms with E-state index >= 15 is 0 Å². The molecule has 0 bridgehead atoms. The monoisotopic (exact) mass is 455 g/mol. The summed E-state index contributed by atoms with van der Waals surface area (Å²) in [4.78, 5) is 12.6. The van der Waals surface area contributed by atoms with Crippen LogP contribution in [0.4, 0.5) is 0 Å². The fourth-order valence-electron chi connectivity index (χ4n) is 4.51. The van der Waals surface area contributed by atoms with E-state index in [0.717, 1.165) is 39.5 Å². The molecule has 0 fully saturated rings. The molecular formula is C27H21NO6. The quantitative estimate of drug-likeness (QED) is 0.386. The fourth-order valence-corrected chi connectivity index (χ4v) is 4.51. The molecule has 0 aliphatic carbocycles. The van der Waals surface area contributed by atoms with Gasteiger partial charge in [0.05, 0.1) is 24.1 Å². The fraction of sp³-hybridized carbons (Fsp3) is 0.148. The van der Waals surface area contributed by atoms with Crippen LogP contribution < -0.4 is 18.9 Å². The van der Waals surface area contributed by atoms with Crippen LogP contribution in [0.2, 0.25) is 0 Å². The number of esters is 1. The Hall–Kier alpha value is -4.39. The average Bonchev–Trinajstić information content (AvgIpc) is 3.60. The molecule has 6 rings (SSSR count). The predicted molar refractivity (Wildman–Crippen MR) is 125 cm³/mol. The molecule has 3 aromatic carbocycles. The maximum atomic E-state index is 12.6. The molecule has 0 saturated heterocycles. The molecule has 0 unspecified atom stereocenters. The van der Waals surface area contributed by atoms with Gasteiger partial charge in [-0.25, -0.2) is 4.79 Å². The summed E-state index contributed by atoms with van der Waals surface area (Å²) in [5.41, 5.74) is 5.94. The first-order chi connectivity index (χ1) is 16.6. The van der Waals surface area contributed by atoms with Crippen LogP contribution in [0, 0.1) is 6.92 Å². The van der Waals surface area contributed by atoms with Gasteiger partial charge in [0.2, 0.25) is 13.6 Å². The third-order valence-corrected chi connectivity index (χ3v) is 6.06. The van der Waals surface area contributed by atoms with Crippen molar-refractivity contribution in [3.05, 3.63) is 78.0 Å². The minimum atomic E-state index is -0.398. The third-order valence-electron chi connectivity index (χ3n) is 6.06. The summed E-state index contributed by atoms with van der Waals surface area (Å²) in [6.07, 6.45) is 0. The Bertz CT molecular complexity index is 1440. The topological polar surface area (TPSA) is 68.2 Å². The lowest BCUT2D eigenvalue weighted by atomic mass is 10.00. The summed E-state index contributed by atoms with van der Waals surface area (Å²) in [5, 5.41) is 0. The number of carbonyl (C=O) groups excluding carboxylic acids is 1. The van der Waals surface area contributed by atoms with Crippen molar-refractivity contribution in [1.29, 1.82) is 0 Å². The van der Waals surface area contributed by atoms with Crippen molar-refractivity contribution in [3.63, 3.8) is 0 Å². The molecule has 2 aliphatic heterocycles. The lowest BCUT2D eigenvalue weighted by molar-refractivity contribution is 0.0600. The van der Waals surface area contributed by atoms with Gasteiger partial charge in [0.15, 0.2) is 23.0 Å². The number of para-hydroxylation sites is 1. The van der Waals surface area contributed by atoms with Gasteiger partial charge in [0.1, 0.15) is 0 Å². The summed E-state index contributed by atoms with van der Waals surface area (Å²) in [6.45, 7) is 2.42. The van der Waals surface area contributed by atoms with E-state index in [1.54, 1.807) is 6.07 Å². The summed E-state index contributed by atoms with van der Waals surface area (Å²) in [5.74, 6) is 2.42. The highest BCUT2D eigenvalue weighted by Crippen LogP contribution is 2.44. The van der Waals surface area contributed by atoms with Crippen LogP contribution in [0.15, 0.2) is 66.7 Å². The Kier molecular flexibility index (Phi) is 4.69. The normalized spacial score (nSPS) is 13.2. The Balaban J connectivity index is 1.62. The molecule has 0 amide bonds. The molecule has 4 aromatic rings.